The highest BCUT2D eigenvalue weighted by atomic mass is 79.9. The first-order valence-corrected chi connectivity index (χ1v) is 7.07. The van der Waals surface area contributed by atoms with Crippen molar-refractivity contribution in [2.24, 2.45) is 0 Å². The van der Waals surface area contributed by atoms with Crippen LogP contribution in [0, 0.1) is 0 Å². The van der Waals surface area contributed by atoms with E-state index in [2.05, 4.69) is 41.9 Å². The highest BCUT2D eigenvalue weighted by molar-refractivity contribution is 9.10. The molecule has 7 heteroatoms. The monoisotopic (exact) mass is 345 g/mol. The molecule has 6 nitrogen and oxygen atoms in total. The fourth-order valence-corrected chi connectivity index (χ4v) is 2.36. The standard InChI is InChI=1S/C14H12BrN5O/c15-12-6-2-4-10(13(12)21)8-16-11-5-1-3-9(7-11)14-17-19-20-18-14/h1-7,16,21H,8H2,(H,17,18,19,20). The van der Waals surface area contributed by atoms with E-state index in [1.54, 1.807) is 6.07 Å². The van der Waals surface area contributed by atoms with E-state index >= 15 is 0 Å². The van der Waals surface area contributed by atoms with Gasteiger partial charge in [0.1, 0.15) is 5.75 Å². The molecule has 0 saturated carbocycles. The van der Waals surface area contributed by atoms with Gasteiger partial charge >= 0.3 is 0 Å². The number of tetrazole rings is 1. The number of halogens is 1. The van der Waals surface area contributed by atoms with Crippen LogP contribution in [0.2, 0.25) is 0 Å². The Morgan fingerprint density at radius 2 is 2.05 bits per heavy atom. The topological polar surface area (TPSA) is 86.7 Å². The summed E-state index contributed by atoms with van der Waals surface area (Å²) in [5, 5.41) is 27.1. The molecule has 0 radical (unpaired) electrons. The number of benzene rings is 2. The van der Waals surface area contributed by atoms with E-state index in [-0.39, 0.29) is 5.75 Å². The normalized spacial score (nSPS) is 10.5. The number of nitrogens with one attached hydrogen (secondary N) is 2. The molecule has 106 valence electrons. The van der Waals surface area contributed by atoms with Gasteiger partial charge in [0, 0.05) is 23.4 Å². The molecule has 0 unspecified atom stereocenters. The van der Waals surface area contributed by atoms with E-state index in [0.717, 1.165) is 16.8 Å². The number of hydrogen-bond acceptors (Lipinski definition) is 5. The van der Waals surface area contributed by atoms with Crippen LogP contribution in [-0.4, -0.2) is 25.7 Å². The minimum absolute atomic E-state index is 0.249. The summed E-state index contributed by atoms with van der Waals surface area (Å²) >= 11 is 3.31. The van der Waals surface area contributed by atoms with E-state index in [9.17, 15) is 5.11 Å². The molecule has 0 atom stereocenters. The van der Waals surface area contributed by atoms with E-state index < -0.39 is 0 Å². The van der Waals surface area contributed by atoms with Gasteiger partial charge in [-0.15, -0.1) is 10.2 Å². The Bertz CT molecular complexity index is 745. The Balaban J connectivity index is 1.77. The maximum absolute atomic E-state index is 9.96. The number of phenols is 1. The third-order valence-corrected chi connectivity index (χ3v) is 3.66. The Hall–Kier alpha value is -2.41. The van der Waals surface area contributed by atoms with Crippen LogP contribution >= 0.6 is 15.9 Å². The van der Waals surface area contributed by atoms with Crippen LogP contribution in [0.3, 0.4) is 0 Å². The van der Waals surface area contributed by atoms with Crippen molar-refractivity contribution in [2.45, 2.75) is 6.54 Å². The number of rotatable bonds is 4. The van der Waals surface area contributed by atoms with Crippen LogP contribution < -0.4 is 5.32 Å². The van der Waals surface area contributed by atoms with Gasteiger partial charge in [-0.05, 0) is 39.3 Å². The Morgan fingerprint density at radius 3 is 2.86 bits per heavy atom. The first-order valence-electron chi connectivity index (χ1n) is 6.28. The molecule has 0 aliphatic carbocycles. The number of aromatic hydroxyl groups is 1. The average molecular weight is 346 g/mol. The zero-order valence-corrected chi connectivity index (χ0v) is 12.5. The lowest BCUT2D eigenvalue weighted by atomic mass is 10.1. The molecule has 1 aromatic heterocycles. The van der Waals surface area contributed by atoms with Crippen LogP contribution in [0.15, 0.2) is 46.9 Å². The summed E-state index contributed by atoms with van der Waals surface area (Å²) in [5.74, 6) is 0.795. The molecule has 21 heavy (non-hydrogen) atoms. The second-order valence-corrected chi connectivity index (χ2v) is 5.27. The van der Waals surface area contributed by atoms with Gasteiger partial charge in [0.05, 0.1) is 4.47 Å². The molecule has 2 aromatic carbocycles. The number of para-hydroxylation sites is 1. The number of anilines is 1. The Kier molecular flexibility index (Phi) is 3.83. The van der Waals surface area contributed by atoms with Gasteiger partial charge in [-0.3, -0.25) is 0 Å². The van der Waals surface area contributed by atoms with Crippen LogP contribution in [0.25, 0.3) is 11.4 Å². The van der Waals surface area contributed by atoms with Crippen molar-refractivity contribution < 1.29 is 5.11 Å². The lowest BCUT2D eigenvalue weighted by Crippen LogP contribution is -2.00. The molecule has 3 N–H and O–H groups in total. The summed E-state index contributed by atoms with van der Waals surface area (Å²) in [6.07, 6.45) is 0. The number of aromatic amines is 1. The first-order chi connectivity index (χ1) is 10.2. The molecule has 1 heterocycles. The summed E-state index contributed by atoms with van der Waals surface area (Å²) in [4.78, 5) is 0. The fraction of sp³-hybridized carbons (Fsp3) is 0.0714. The quantitative estimate of drug-likeness (QED) is 0.676. The third kappa shape index (κ3) is 3.03. The molecule has 0 aliphatic rings. The highest BCUT2D eigenvalue weighted by Gasteiger charge is 2.06. The molecular weight excluding hydrogens is 334 g/mol. The van der Waals surface area contributed by atoms with Crippen LogP contribution in [0.1, 0.15) is 5.56 Å². The molecule has 0 bridgehead atoms. The maximum Gasteiger partial charge on any atom is 0.204 e. The smallest absolute Gasteiger partial charge is 0.204 e. The summed E-state index contributed by atoms with van der Waals surface area (Å²) in [6.45, 7) is 0.515. The Morgan fingerprint density at radius 1 is 1.19 bits per heavy atom. The first kappa shape index (κ1) is 13.6. The zero-order valence-electron chi connectivity index (χ0n) is 10.9. The van der Waals surface area contributed by atoms with Crippen molar-refractivity contribution in [3.05, 3.63) is 52.5 Å². The largest absolute Gasteiger partial charge is 0.506 e. The van der Waals surface area contributed by atoms with Gasteiger partial charge in [-0.1, -0.05) is 24.3 Å². The van der Waals surface area contributed by atoms with E-state index in [1.807, 2.05) is 36.4 Å². The maximum atomic E-state index is 9.96. The second-order valence-electron chi connectivity index (χ2n) is 4.42. The molecule has 3 aromatic rings. The predicted octanol–water partition coefficient (Wildman–Crippen LogP) is 2.95. The lowest BCUT2D eigenvalue weighted by Gasteiger charge is -2.09. The SMILES string of the molecule is Oc1c(Br)cccc1CNc1cccc(-c2nn[nH]n2)c1. The summed E-state index contributed by atoms with van der Waals surface area (Å²) in [7, 11) is 0. The van der Waals surface area contributed by atoms with Crippen molar-refractivity contribution in [3.8, 4) is 17.1 Å². The fourth-order valence-electron chi connectivity index (χ4n) is 1.95. The van der Waals surface area contributed by atoms with E-state index in [4.69, 9.17) is 0 Å². The molecule has 3 rings (SSSR count). The molecule has 0 amide bonds. The van der Waals surface area contributed by atoms with Gasteiger partial charge in [0.25, 0.3) is 0 Å². The van der Waals surface area contributed by atoms with Gasteiger partial charge in [0.15, 0.2) is 0 Å². The van der Waals surface area contributed by atoms with Gasteiger partial charge in [-0.2, -0.15) is 5.21 Å². The van der Waals surface area contributed by atoms with Crippen LogP contribution in [-0.2, 0) is 6.54 Å². The zero-order chi connectivity index (χ0) is 14.7. The number of aromatic nitrogens is 4. The summed E-state index contributed by atoms with van der Waals surface area (Å²) in [6, 6.07) is 13.3. The molecule has 0 saturated heterocycles. The van der Waals surface area contributed by atoms with Gasteiger partial charge < -0.3 is 10.4 Å². The minimum Gasteiger partial charge on any atom is -0.506 e. The molecule has 0 spiro atoms. The highest BCUT2D eigenvalue weighted by Crippen LogP contribution is 2.28. The Labute approximate surface area is 129 Å². The molecule has 0 fully saturated rings. The van der Waals surface area contributed by atoms with Crippen molar-refractivity contribution in [2.75, 3.05) is 5.32 Å². The molecule has 0 aliphatic heterocycles. The van der Waals surface area contributed by atoms with E-state index in [0.29, 0.717) is 16.8 Å². The lowest BCUT2D eigenvalue weighted by molar-refractivity contribution is 0.465. The summed E-state index contributed by atoms with van der Waals surface area (Å²) in [5.41, 5.74) is 2.60. The van der Waals surface area contributed by atoms with Crippen LogP contribution in [0.5, 0.6) is 5.75 Å². The second kappa shape index (κ2) is 5.92. The number of nitrogens with zero attached hydrogens (tertiary/aromatic N) is 3. The van der Waals surface area contributed by atoms with E-state index in [1.165, 1.54) is 0 Å². The number of H-pyrrole nitrogens is 1. The van der Waals surface area contributed by atoms with Gasteiger partial charge in [-0.25, -0.2) is 0 Å². The third-order valence-electron chi connectivity index (χ3n) is 3.02. The van der Waals surface area contributed by atoms with Crippen molar-refractivity contribution >= 4 is 21.6 Å². The number of phenolic OH excluding ortho intramolecular Hbond substituents is 1. The average Bonchev–Trinajstić information content (AvgIpc) is 3.03. The van der Waals surface area contributed by atoms with Gasteiger partial charge in [0.2, 0.25) is 5.82 Å². The number of hydrogen-bond donors (Lipinski definition) is 3. The minimum atomic E-state index is 0.249. The predicted molar refractivity (Wildman–Crippen MR) is 82.7 cm³/mol. The summed E-state index contributed by atoms with van der Waals surface area (Å²) < 4.78 is 0.683. The molecular formula is C14H12BrN5O. The van der Waals surface area contributed by atoms with Crippen LogP contribution in [0.4, 0.5) is 5.69 Å². The van der Waals surface area contributed by atoms with Crippen molar-refractivity contribution in [1.29, 1.82) is 0 Å². The van der Waals surface area contributed by atoms with Crippen molar-refractivity contribution in [3.63, 3.8) is 0 Å². The van der Waals surface area contributed by atoms with Crippen molar-refractivity contribution in [1.82, 2.24) is 20.6 Å².